The van der Waals surface area contributed by atoms with Gasteiger partial charge >= 0.3 is 5.91 Å². The summed E-state index contributed by atoms with van der Waals surface area (Å²) in [5, 5.41) is 15.1. The lowest BCUT2D eigenvalue weighted by Crippen LogP contribution is -2.29. The van der Waals surface area contributed by atoms with E-state index in [2.05, 4.69) is 5.16 Å². The summed E-state index contributed by atoms with van der Waals surface area (Å²) in [5.74, 6) is -0.214. The highest BCUT2D eigenvalue weighted by molar-refractivity contribution is 6.51. The highest BCUT2D eigenvalue weighted by Gasteiger charge is 2.49. The number of para-hydroxylation sites is 1. The second kappa shape index (κ2) is 8.82. The van der Waals surface area contributed by atoms with Gasteiger partial charge in [0.15, 0.2) is 5.82 Å². The molecule has 1 aliphatic heterocycles. The minimum atomic E-state index is -0.961. The number of carbonyl (C=O) groups excluding carboxylic acids is 2. The number of anilines is 1. The molecule has 0 spiro atoms. The Balaban J connectivity index is 1.89. The standard InChI is InChI=1S/C25H24N2O6/c1-14(2)32-17-11-9-16(10-12-17)23(28)21-22(18-7-5-6-8-19(18)31-4)27(25(30)24(21)29)20-13-15(3)33-26-20/h5-14,22,28H,1-4H3/b23-21+/t22-/m0/s1. The van der Waals surface area contributed by atoms with Crippen molar-refractivity contribution in [1.82, 2.24) is 5.16 Å². The van der Waals surface area contributed by atoms with Crippen LogP contribution in [0, 0.1) is 6.92 Å². The van der Waals surface area contributed by atoms with Crippen molar-refractivity contribution in [2.75, 3.05) is 12.0 Å². The van der Waals surface area contributed by atoms with Gasteiger partial charge < -0.3 is 19.1 Å². The zero-order valence-corrected chi connectivity index (χ0v) is 18.7. The number of aliphatic hydroxyl groups excluding tert-OH is 1. The zero-order valence-electron chi connectivity index (χ0n) is 18.7. The first-order chi connectivity index (χ1) is 15.8. The number of carbonyl (C=O) groups is 2. The second-order valence-electron chi connectivity index (χ2n) is 7.90. The number of aromatic nitrogens is 1. The predicted molar refractivity (Wildman–Crippen MR) is 121 cm³/mol. The molecule has 1 aliphatic rings. The third-order valence-corrected chi connectivity index (χ3v) is 5.24. The van der Waals surface area contributed by atoms with E-state index in [0.717, 1.165) is 0 Å². The summed E-state index contributed by atoms with van der Waals surface area (Å²) in [6, 6.07) is 14.3. The highest BCUT2D eigenvalue weighted by atomic mass is 16.5. The minimum absolute atomic E-state index is 0.00812. The Kier molecular flexibility index (Phi) is 5.91. The van der Waals surface area contributed by atoms with E-state index in [1.54, 1.807) is 61.5 Å². The van der Waals surface area contributed by atoms with Crippen LogP contribution in [0.4, 0.5) is 5.82 Å². The molecular formula is C25H24N2O6. The predicted octanol–water partition coefficient (Wildman–Crippen LogP) is 4.41. The number of methoxy groups -OCH3 is 1. The van der Waals surface area contributed by atoms with Gasteiger partial charge in [-0.15, -0.1) is 0 Å². The van der Waals surface area contributed by atoms with Crippen LogP contribution in [-0.4, -0.2) is 35.2 Å². The van der Waals surface area contributed by atoms with Crippen molar-refractivity contribution >= 4 is 23.3 Å². The molecular weight excluding hydrogens is 424 g/mol. The number of benzene rings is 2. The quantitative estimate of drug-likeness (QED) is 0.339. The molecule has 0 saturated carbocycles. The summed E-state index contributed by atoms with van der Waals surface area (Å²) >= 11 is 0. The fourth-order valence-electron chi connectivity index (χ4n) is 3.84. The molecule has 1 fully saturated rings. The van der Waals surface area contributed by atoms with Gasteiger partial charge in [-0.2, -0.15) is 0 Å². The van der Waals surface area contributed by atoms with Gasteiger partial charge in [-0.1, -0.05) is 23.4 Å². The van der Waals surface area contributed by atoms with Crippen LogP contribution in [0.2, 0.25) is 0 Å². The molecule has 1 N–H and O–H groups in total. The van der Waals surface area contributed by atoms with Crippen LogP contribution in [0.5, 0.6) is 11.5 Å². The van der Waals surface area contributed by atoms with Crippen LogP contribution in [0.1, 0.15) is 36.8 Å². The van der Waals surface area contributed by atoms with Gasteiger partial charge in [0.25, 0.3) is 5.78 Å². The summed E-state index contributed by atoms with van der Waals surface area (Å²) in [4.78, 5) is 27.5. The Morgan fingerprint density at radius 1 is 1.12 bits per heavy atom. The van der Waals surface area contributed by atoms with E-state index in [1.165, 1.54) is 12.0 Å². The molecule has 0 radical (unpaired) electrons. The van der Waals surface area contributed by atoms with Gasteiger partial charge in [-0.3, -0.25) is 14.5 Å². The van der Waals surface area contributed by atoms with Crippen LogP contribution in [-0.2, 0) is 9.59 Å². The monoisotopic (exact) mass is 448 g/mol. The van der Waals surface area contributed by atoms with E-state index < -0.39 is 17.7 Å². The Bertz CT molecular complexity index is 1230. The number of ketones is 1. The maximum atomic E-state index is 13.2. The number of Topliss-reactive ketones (excluding diaryl/α,β-unsaturated/α-hetero) is 1. The summed E-state index contributed by atoms with van der Waals surface area (Å²) in [5.41, 5.74) is 0.837. The number of rotatable bonds is 6. The maximum Gasteiger partial charge on any atom is 0.301 e. The molecule has 170 valence electrons. The van der Waals surface area contributed by atoms with E-state index in [1.807, 2.05) is 13.8 Å². The van der Waals surface area contributed by atoms with Crippen LogP contribution >= 0.6 is 0 Å². The molecule has 8 nitrogen and oxygen atoms in total. The zero-order chi connectivity index (χ0) is 23.7. The van der Waals surface area contributed by atoms with Gasteiger partial charge in [0, 0.05) is 17.2 Å². The van der Waals surface area contributed by atoms with Crippen molar-refractivity contribution in [2.24, 2.45) is 0 Å². The maximum absolute atomic E-state index is 13.2. The number of hydrogen-bond acceptors (Lipinski definition) is 7. The molecule has 0 aliphatic carbocycles. The van der Waals surface area contributed by atoms with Crippen LogP contribution in [0.15, 0.2) is 64.7 Å². The fourth-order valence-corrected chi connectivity index (χ4v) is 3.84. The first-order valence-electron chi connectivity index (χ1n) is 10.5. The lowest BCUT2D eigenvalue weighted by atomic mass is 9.94. The fraction of sp³-hybridized carbons (Fsp3) is 0.240. The molecule has 0 bridgehead atoms. The number of hydrogen-bond donors (Lipinski definition) is 1. The average Bonchev–Trinajstić information content (AvgIpc) is 3.34. The van der Waals surface area contributed by atoms with Crippen molar-refractivity contribution in [3.05, 3.63) is 77.1 Å². The topological polar surface area (TPSA) is 102 Å². The van der Waals surface area contributed by atoms with E-state index in [0.29, 0.717) is 28.4 Å². The van der Waals surface area contributed by atoms with Gasteiger partial charge in [0.1, 0.15) is 29.1 Å². The Labute approximate surface area is 191 Å². The molecule has 8 heteroatoms. The van der Waals surface area contributed by atoms with Crippen LogP contribution in [0.25, 0.3) is 5.76 Å². The molecule has 1 saturated heterocycles. The lowest BCUT2D eigenvalue weighted by Gasteiger charge is -2.24. The Morgan fingerprint density at radius 2 is 1.82 bits per heavy atom. The molecule has 0 unspecified atom stereocenters. The van der Waals surface area contributed by atoms with E-state index in [-0.39, 0.29) is 23.3 Å². The highest BCUT2D eigenvalue weighted by Crippen LogP contribution is 2.44. The third-order valence-electron chi connectivity index (χ3n) is 5.24. The van der Waals surface area contributed by atoms with Crippen LogP contribution in [0.3, 0.4) is 0 Å². The average molecular weight is 448 g/mol. The molecule has 33 heavy (non-hydrogen) atoms. The van der Waals surface area contributed by atoms with Crippen molar-refractivity contribution in [3.63, 3.8) is 0 Å². The minimum Gasteiger partial charge on any atom is -0.507 e. The van der Waals surface area contributed by atoms with E-state index >= 15 is 0 Å². The van der Waals surface area contributed by atoms with E-state index in [9.17, 15) is 14.7 Å². The normalized spacial score (nSPS) is 17.6. The molecule has 1 atom stereocenters. The molecule has 4 rings (SSSR count). The van der Waals surface area contributed by atoms with E-state index in [4.69, 9.17) is 14.0 Å². The molecule has 2 heterocycles. The molecule has 2 aromatic carbocycles. The first-order valence-corrected chi connectivity index (χ1v) is 10.5. The van der Waals surface area contributed by atoms with Crippen molar-refractivity contribution in [1.29, 1.82) is 0 Å². The molecule has 1 aromatic heterocycles. The van der Waals surface area contributed by atoms with Gasteiger partial charge in [0.05, 0.1) is 18.8 Å². The SMILES string of the molecule is COc1ccccc1[C@H]1/C(=C(\O)c2ccc(OC(C)C)cc2)C(=O)C(=O)N1c1cc(C)on1. The largest absolute Gasteiger partial charge is 0.507 e. The molecule has 1 amide bonds. The number of aliphatic hydroxyl groups is 1. The first kappa shape index (κ1) is 22.1. The van der Waals surface area contributed by atoms with Gasteiger partial charge in [-0.05, 0) is 51.1 Å². The number of nitrogens with zero attached hydrogens (tertiary/aromatic N) is 2. The number of ether oxygens (including phenoxy) is 2. The second-order valence-corrected chi connectivity index (χ2v) is 7.90. The van der Waals surface area contributed by atoms with Crippen LogP contribution < -0.4 is 14.4 Å². The summed E-state index contributed by atoms with van der Waals surface area (Å²) in [6.07, 6.45) is -0.00812. The summed E-state index contributed by atoms with van der Waals surface area (Å²) in [7, 11) is 1.50. The summed E-state index contributed by atoms with van der Waals surface area (Å²) < 4.78 is 16.3. The van der Waals surface area contributed by atoms with Gasteiger partial charge in [-0.25, -0.2) is 0 Å². The van der Waals surface area contributed by atoms with Crippen molar-refractivity contribution in [2.45, 2.75) is 32.9 Å². The Hall–Kier alpha value is -4.07. The van der Waals surface area contributed by atoms with Crippen molar-refractivity contribution in [3.8, 4) is 11.5 Å². The number of amides is 1. The number of aryl methyl sites for hydroxylation is 1. The lowest BCUT2D eigenvalue weighted by molar-refractivity contribution is -0.132. The van der Waals surface area contributed by atoms with Gasteiger partial charge in [0.2, 0.25) is 0 Å². The Morgan fingerprint density at radius 3 is 2.42 bits per heavy atom. The molecule has 3 aromatic rings. The summed E-state index contributed by atoms with van der Waals surface area (Å²) in [6.45, 7) is 5.51. The van der Waals surface area contributed by atoms with Crippen molar-refractivity contribution < 1.29 is 28.7 Å². The third kappa shape index (κ3) is 4.07. The smallest absolute Gasteiger partial charge is 0.301 e.